The molecule has 2 saturated heterocycles. The van der Waals surface area contributed by atoms with Gasteiger partial charge in [0.15, 0.2) is 5.79 Å². The number of rotatable bonds is 2. The molecule has 0 aromatic carbocycles. The van der Waals surface area contributed by atoms with Crippen LogP contribution in [0.5, 0.6) is 0 Å². The summed E-state index contributed by atoms with van der Waals surface area (Å²) in [6, 6.07) is -0.296. The second-order valence-electron chi connectivity index (χ2n) is 5.63. The van der Waals surface area contributed by atoms with Crippen LogP contribution in [0.2, 0.25) is 0 Å². The van der Waals surface area contributed by atoms with Gasteiger partial charge in [-0.2, -0.15) is 5.10 Å². The molecule has 0 N–H and O–H groups in total. The molecule has 6 nitrogen and oxygen atoms in total. The van der Waals surface area contributed by atoms with Crippen molar-refractivity contribution in [2.75, 3.05) is 26.3 Å². The van der Waals surface area contributed by atoms with E-state index >= 15 is 0 Å². The largest absolute Gasteiger partial charge is 0.347 e. The molecule has 1 aromatic rings. The van der Waals surface area contributed by atoms with Gasteiger partial charge >= 0.3 is 0 Å². The van der Waals surface area contributed by atoms with Crippen LogP contribution in [0.15, 0.2) is 10.7 Å². The quantitative estimate of drug-likeness (QED) is 0.810. The van der Waals surface area contributed by atoms with E-state index in [-0.39, 0.29) is 11.9 Å². The highest BCUT2D eigenvalue weighted by Gasteiger charge is 2.41. The van der Waals surface area contributed by atoms with E-state index in [2.05, 4.69) is 21.0 Å². The van der Waals surface area contributed by atoms with Gasteiger partial charge in [-0.1, -0.05) is 0 Å². The summed E-state index contributed by atoms with van der Waals surface area (Å²) in [6.45, 7) is 6.50. The van der Waals surface area contributed by atoms with E-state index in [4.69, 9.17) is 9.47 Å². The molecule has 3 heterocycles. The van der Waals surface area contributed by atoms with Gasteiger partial charge in [-0.3, -0.25) is 9.48 Å². The molecule has 1 amide bonds. The van der Waals surface area contributed by atoms with Crippen molar-refractivity contribution in [1.82, 2.24) is 14.7 Å². The Balaban J connectivity index is 1.65. The Kier molecular flexibility index (Phi) is 4.07. The number of aromatic nitrogens is 2. The second-order valence-corrected chi connectivity index (χ2v) is 6.49. The fraction of sp³-hybridized carbons (Fsp3) is 0.714. The molecule has 2 aliphatic heterocycles. The SMILES string of the molecule is Cc1c(Br)cnn1C(C)C(=O)N1CCC2(CC1)OCCO2. The smallest absolute Gasteiger partial charge is 0.247 e. The Morgan fingerprint density at radius 2 is 2.00 bits per heavy atom. The highest BCUT2D eigenvalue weighted by atomic mass is 79.9. The van der Waals surface area contributed by atoms with Gasteiger partial charge in [0.2, 0.25) is 5.91 Å². The van der Waals surface area contributed by atoms with Crippen molar-refractivity contribution in [2.45, 2.75) is 38.5 Å². The Morgan fingerprint density at radius 3 is 2.52 bits per heavy atom. The number of piperidine rings is 1. The highest BCUT2D eigenvalue weighted by Crippen LogP contribution is 2.32. The number of carbonyl (C=O) groups excluding carboxylic acids is 1. The summed E-state index contributed by atoms with van der Waals surface area (Å²) in [5.41, 5.74) is 0.965. The van der Waals surface area contributed by atoms with Gasteiger partial charge in [0, 0.05) is 25.9 Å². The van der Waals surface area contributed by atoms with Crippen LogP contribution >= 0.6 is 15.9 Å². The molecule has 1 unspecified atom stereocenters. The zero-order valence-electron chi connectivity index (χ0n) is 12.3. The number of likely N-dealkylation sites (tertiary alicyclic amines) is 1. The first kappa shape index (κ1) is 15.0. The Labute approximate surface area is 132 Å². The van der Waals surface area contributed by atoms with E-state index in [9.17, 15) is 4.79 Å². The molecular formula is C14H20BrN3O3. The van der Waals surface area contributed by atoms with Gasteiger partial charge in [-0.15, -0.1) is 0 Å². The molecule has 7 heteroatoms. The molecule has 0 saturated carbocycles. The van der Waals surface area contributed by atoms with Crippen LogP contribution < -0.4 is 0 Å². The number of amides is 1. The summed E-state index contributed by atoms with van der Waals surface area (Å²) in [5, 5.41) is 4.27. The number of halogens is 1. The fourth-order valence-corrected chi connectivity index (χ4v) is 3.29. The minimum atomic E-state index is -0.440. The molecule has 3 rings (SSSR count). The molecule has 21 heavy (non-hydrogen) atoms. The lowest BCUT2D eigenvalue weighted by atomic mass is 10.0. The zero-order valence-corrected chi connectivity index (χ0v) is 13.9. The summed E-state index contributed by atoms with van der Waals surface area (Å²) in [5.74, 6) is -0.341. The average Bonchev–Trinajstić information content (AvgIpc) is 3.07. The Hall–Kier alpha value is -0.920. The summed E-state index contributed by atoms with van der Waals surface area (Å²) < 4.78 is 14.1. The molecule has 2 fully saturated rings. The molecule has 1 spiro atoms. The fourth-order valence-electron chi connectivity index (χ4n) is 3.02. The molecule has 0 bridgehead atoms. The average molecular weight is 358 g/mol. The normalized spacial score (nSPS) is 22.7. The Bertz CT molecular complexity index is 530. The number of hydrogen-bond donors (Lipinski definition) is 0. The van der Waals surface area contributed by atoms with E-state index in [1.165, 1.54) is 0 Å². The van der Waals surface area contributed by atoms with Crippen LogP contribution in [0.3, 0.4) is 0 Å². The van der Waals surface area contributed by atoms with Crippen molar-refractivity contribution in [1.29, 1.82) is 0 Å². The number of hydrogen-bond acceptors (Lipinski definition) is 4. The number of ether oxygens (including phenoxy) is 2. The van der Waals surface area contributed by atoms with Crippen molar-refractivity contribution >= 4 is 21.8 Å². The lowest BCUT2D eigenvalue weighted by Gasteiger charge is -2.38. The summed E-state index contributed by atoms with van der Waals surface area (Å²) >= 11 is 3.43. The maximum atomic E-state index is 12.6. The van der Waals surface area contributed by atoms with Crippen LogP contribution in [0.4, 0.5) is 0 Å². The van der Waals surface area contributed by atoms with Gasteiger partial charge in [-0.05, 0) is 29.8 Å². The minimum Gasteiger partial charge on any atom is -0.347 e. The van der Waals surface area contributed by atoms with Gasteiger partial charge in [0.1, 0.15) is 6.04 Å². The maximum Gasteiger partial charge on any atom is 0.247 e. The third-order valence-corrected chi connectivity index (χ3v) is 5.14. The van der Waals surface area contributed by atoms with Gasteiger partial charge in [-0.25, -0.2) is 0 Å². The van der Waals surface area contributed by atoms with Crippen LogP contribution in [0.25, 0.3) is 0 Å². The van der Waals surface area contributed by atoms with E-state index in [0.29, 0.717) is 26.3 Å². The molecule has 1 atom stereocenters. The first-order chi connectivity index (χ1) is 10.0. The van der Waals surface area contributed by atoms with E-state index in [1.54, 1.807) is 10.9 Å². The predicted octanol–water partition coefficient (Wildman–Crippen LogP) is 1.88. The lowest BCUT2D eigenvalue weighted by molar-refractivity contribution is -0.188. The van der Waals surface area contributed by atoms with Crippen molar-refractivity contribution in [2.24, 2.45) is 0 Å². The van der Waals surface area contributed by atoms with Crippen LogP contribution in [-0.4, -0.2) is 52.7 Å². The molecule has 0 aliphatic carbocycles. The predicted molar refractivity (Wildman–Crippen MR) is 79.8 cm³/mol. The van der Waals surface area contributed by atoms with E-state index in [1.807, 2.05) is 18.7 Å². The van der Waals surface area contributed by atoms with Gasteiger partial charge < -0.3 is 14.4 Å². The number of carbonyl (C=O) groups is 1. The molecule has 116 valence electrons. The van der Waals surface area contributed by atoms with Gasteiger partial charge in [0.25, 0.3) is 0 Å². The van der Waals surface area contributed by atoms with E-state index in [0.717, 1.165) is 23.0 Å². The molecular weight excluding hydrogens is 338 g/mol. The first-order valence-corrected chi connectivity index (χ1v) is 8.08. The molecule has 2 aliphatic rings. The lowest BCUT2D eigenvalue weighted by Crippen LogP contribution is -2.49. The van der Waals surface area contributed by atoms with Crippen molar-refractivity contribution in [3.05, 3.63) is 16.4 Å². The van der Waals surface area contributed by atoms with Gasteiger partial charge in [0.05, 0.1) is 29.6 Å². The number of nitrogens with zero attached hydrogens (tertiary/aromatic N) is 3. The molecule has 1 aromatic heterocycles. The van der Waals surface area contributed by atoms with Crippen LogP contribution in [-0.2, 0) is 14.3 Å². The van der Waals surface area contributed by atoms with Crippen LogP contribution in [0.1, 0.15) is 31.5 Å². The Morgan fingerprint density at radius 1 is 1.38 bits per heavy atom. The second kappa shape index (κ2) is 5.70. The summed E-state index contributed by atoms with van der Waals surface area (Å²) in [4.78, 5) is 14.5. The van der Waals surface area contributed by atoms with Crippen molar-refractivity contribution < 1.29 is 14.3 Å². The molecule has 0 radical (unpaired) electrons. The zero-order chi connectivity index (χ0) is 15.0. The summed E-state index contributed by atoms with van der Waals surface area (Å²) in [6.07, 6.45) is 3.21. The third-order valence-electron chi connectivity index (χ3n) is 4.36. The summed E-state index contributed by atoms with van der Waals surface area (Å²) in [7, 11) is 0. The third kappa shape index (κ3) is 2.74. The maximum absolute atomic E-state index is 12.6. The minimum absolute atomic E-state index is 0.0987. The monoisotopic (exact) mass is 357 g/mol. The van der Waals surface area contributed by atoms with Crippen LogP contribution in [0, 0.1) is 6.92 Å². The van der Waals surface area contributed by atoms with Crippen molar-refractivity contribution in [3.63, 3.8) is 0 Å². The topological polar surface area (TPSA) is 56.6 Å². The first-order valence-electron chi connectivity index (χ1n) is 7.29. The van der Waals surface area contributed by atoms with E-state index < -0.39 is 5.79 Å². The highest BCUT2D eigenvalue weighted by molar-refractivity contribution is 9.10. The van der Waals surface area contributed by atoms with Crippen molar-refractivity contribution in [3.8, 4) is 0 Å². The standard InChI is InChI=1S/C14H20BrN3O3/c1-10-12(15)9-16-18(10)11(2)13(19)17-5-3-14(4-6-17)20-7-8-21-14/h9,11H,3-8H2,1-2H3.